The van der Waals surface area contributed by atoms with Gasteiger partial charge in [0.2, 0.25) is 0 Å². The molecule has 0 spiro atoms. The van der Waals surface area contributed by atoms with E-state index < -0.39 is 0 Å². The first-order chi connectivity index (χ1) is 9.95. The summed E-state index contributed by atoms with van der Waals surface area (Å²) in [6, 6.07) is 0.585. The van der Waals surface area contributed by atoms with Crippen molar-refractivity contribution in [3.8, 4) is 0 Å². The van der Waals surface area contributed by atoms with E-state index in [2.05, 4.69) is 43.9 Å². The molecule has 0 bridgehead atoms. The Labute approximate surface area is 134 Å². The molecule has 4 rings (SSSR count). The first-order valence-corrected chi connectivity index (χ1v) is 9.28. The summed E-state index contributed by atoms with van der Waals surface area (Å²) in [5.41, 5.74) is 0.485. The molecule has 3 heteroatoms. The van der Waals surface area contributed by atoms with Crippen LogP contribution in [-0.2, 0) is 0 Å². The second-order valence-electron chi connectivity index (χ2n) is 8.48. The van der Waals surface area contributed by atoms with Crippen molar-refractivity contribution in [2.45, 2.75) is 69.9 Å². The Kier molecular flexibility index (Phi) is 3.30. The van der Waals surface area contributed by atoms with E-state index in [1.54, 1.807) is 0 Å². The molecule has 8 unspecified atom stereocenters. The minimum absolute atomic E-state index is 0.0594. The lowest BCUT2D eigenvalue weighted by molar-refractivity contribution is -0.0846. The topological polar surface area (TPSA) is 32.3 Å². The molecule has 0 amide bonds. The van der Waals surface area contributed by atoms with Crippen LogP contribution in [0.2, 0.25) is 0 Å². The summed E-state index contributed by atoms with van der Waals surface area (Å²) in [6.07, 6.45) is 12.0. The van der Waals surface area contributed by atoms with Gasteiger partial charge in [0.05, 0.1) is 11.5 Å². The Morgan fingerprint density at radius 1 is 1.10 bits per heavy atom. The summed E-state index contributed by atoms with van der Waals surface area (Å²) in [7, 11) is 0. The average molecular weight is 308 g/mol. The lowest BCUT2D eigenvalue weighted by Gasteiger charge is -2.59. The minimum atomic E-state index is -0.0594. The highest BCUT2D eigenvalue weighted by Crippen LogP contribution is 2.63. The second kappa shape index (κ2) is 4.75. The zero-order valence-corrected chi connectivity index (χ0v) is 14.2. The molecule has 0 saturated heterocycles. The molecule has 1 aliphatic heterocycles. The molecule has 8 atom stereocenters. The van der Waals surface area contributed by atoms with Gasteiger partial charge >= 0.3 is 0 Å². The number of aliphatic hydroxyl groups excluding tert-OH is 1. The Morgan fingerprint density at radius 3 is 2.71 bits per heavy atom. The smallest absolute Gasteiger partial charge is 0.0692 e. The summed E-state index contributed by atoms with van der Waals surface area (Å²) < 4.78 is 0. The summed E-state index contributed by atoms with van der Waals surface area (Å²) in [6.45, 7) is 4.82. The van der Waals surface area contributed by atoms with Crippen molar-refractivity contribution in [3.63, 3.8) is 0 Å². The quantitative estimate of drug-likeness (QED) is 0.473. The molecule has 2 N–H and O–H groups in total. The maximum Gasteiger partial charge on any atom is 0.0692 e. The van der Waals surface area contributed by atoms with E-state index in [4.69, 9.17) is 0 Å². The number of hydrogen-bond donors (Lipinski definition) is 3. The number of nitrogens with one attached hydrogen (secondary N) is 1. The van der Waals surface area contributed by atoms with Crippen molar-refractivity contribution in [2.75, 3.05) is 0 Å². The Hall–Kier alpha value is 0.01000. The van der Waals surface area contributed by atoms with Crippen molar-refractivity contribution in [2.24, 2.45) is 28.6 Å². The van der Waals surface area contributed by atoms with Gasteiger partial charge < -0.3 is 5.11 Å². The highest BCUT2D eigenvalue weighted by Gasteiger charge is 2.59. The fourth-order valence-corrected chi connectivity index (χ4v) is 6.69. The third kappa shape index (κ3) is 1.93. The molecule has 21 heavy (non-hydrogen) atoms. The van der Waals surface area contributed by atoms with Crippen LogP contribution in [0.3, 0.4) is 0 Å². The summed E-state index contributed by atoms with van der Waals surface area (Å²) in [5, 5.41) is 14.4. The number of hydrogen-bond acceptors (Lipinski definition) is 3. The molecular weight excluding hydrogens is 278 g/mol. The summed E-state index contributed by atoms with van der Waals surface area (Å²) >= 11 is 4.59. The molecule has 4 aliphatic rings. The van der Waals surface area contributed by atoms with Crippen molar-refractivity contribution in [1.29, 1.82) is 0 Å². The zero-order valence-electron chi connectivity index (χ0n) is 13.3. The Bertz CT molecular complexity index is 466. The largest absolute Gasteiger partial charge is 0.393 e. The van der Waals surface area contributed by atoms with Crippen molar-refractivity contribution in [3.05, 3.63) is 12.2 Å². The Balaban J connectivity index is 1.67. The molecule has 0 radical (unpaired) electrons. The van der Waals surface area contributed by atoms with Crippen LogP contribution in [0, 0.1) is 28.6 Å². The average Bonchev–Trinajstić information content (AvgIpc) is 2.76. The van der Waals surface area contributed by atoms with Crippen LogP contribution >= 0.6 is 12.6 Å². The molecule has 3 aliphatic carbocycles. The van der Waals surface area contributed by atoms with Gasteiger partial charge in [-0.05, 0) is 61.7 Å². The maximum absolute atomic E-state index is 10.5. The van der Waals surface area contributed by atoms with Gasteiger partial charge in [-0.15, -0.1) is 0 Å². The van der Waals surface area contributed by atoms with Crippen LogP contribution in [0.15, 0.2) is 12.2 Å². The van der Waals surface area contributed by atoms with E-state index in [1.807, 2.05) is 0 Å². The first kappa shape index (κ1) is 14.6. The van der Waals surface area contributed by atoms with Gasteiger partial charge in [-0.1, -0.05) is 26.0 Å². The second-order valence-corrected chi connectivity index (χ2v) is 9.04. The molecule has 0 aromatic heterocycles. The predicted octanol–water partition coefficient (Wildman–Crippen LogP) is 3.37. The fraction of sp³-hybridized carbons (Fsp3) is 0.889. The van der Waals surface area contributed by atoms with Crippen molar-refractivity contribution in [1.82, 2.24) is 5.32 Å². The van der Waals surface area contributed by atoms with Gasteiger partial charge in [0.1, 0.15) is 0 Å². The third-order valence-corrected chi connectivity index (χ3v) is 8.06. The van der Waals surface area contributed by atoms with Crippen LogP contribution < -0.4 is 5.32 Å². The molecule has 0 aromatic carbocycles. The molecule has 3 saturated carbocycles. The summed E-state index contributed by atoms with van der Waals surface area (Å²) in [4.78, 5) is 0. The number of thiol groups is 1. The third-order valence-electron chi connectivity index (χ3n) is 7.74. The van der Waals surface area contributed by atoms with Crippen LogP contribution in [0.5, 0.6) is 0 Å². The standard InChI is InChI=1S/C18H29NOS/c1-17-10-8-16(21)19-14(17)5-3-11-12-4-6-15(20)18(12,2)9-7-13(11)17/h8,10-16,19-21H,3-7,9H2,1-2H3. The monoisotopic (exact) mass is 307 g/mol. The van der Waals surface area contributed by atoms with Crippen molar-refractivity contribution < 1.29 is 5.11 Å². The highest BCUT2D eigenvalue weighted by atomic mass is 32.1. The maximum atomic E-state index is 10.5. The van der Waals surface area contributed by atoms with Gasteiger partial charge in [-0.25, -0.2) is 0 Å². The number of aliphatic hydroxyl groups is 1. The van der Waals surface area contributed by atoms with Crippen molar-refractivity contribution >= 4 is 12.6 Å². The molecular formula is C18H29NOS. The van der Waals surface area contributed by atoms with Gasteiger partial charge in [0.25, 0.3) is 0 Å². The molecule has 0 aromatic rings. The van der Waals surface area contributed by atoms with Crippen LogP contribution in [0.4, 0.5) is 0 Å². The molecule has 2 nitrogen and oxygen atoms in total. The Morgan fingerprint density at radius 2 is 1.90 bits per heavy atom. The predicted molar refractivity (Wildman–Crippen MR) is 89.2 cm³/mol. The minimum Gasteiger partial charge on any atom is -0.393 e. The van der Waals surface area contributed by atoms with Crippen LogP contribution in [-0.4, -0.2) is 22.6 Å². The van der Waals surface area contributed by atoms with E-state index in [-0.39, 0.29) is 22.3 Å². The zero-order chi connectivity index (χ0) is 14.8. The van der Waals surface area contributed by atoms with Gasteiger partial charge in [0, 0.05) is 11.5 Å². The highest BCUT2D eigenvalue weighted by molar-refractivity contribution is 7.81. The van der Waals surface area contributed by atoms with E-state index in [1.165, 1.54) is 32.1 Å². The number of fused-ring (bicyclic) bond motifs is 5. The molecule has 1 heterocycles. The van der Waals surface area contributed by atoms with E-state index in [0.29, 0.717) is 6.04 Å². The van der Waals surface area contributed by atoms with Crippen LogP contribution in [0.1, 0.15) is 52.4 Å². The fourth-order valence-electron chi connectivity index (χ4n) is 6.43. The van der Waals surface area contributed by atoms with E-state index in [9.17, 15) is 5.11 Å². The van der Waals surface area contributed by atoms with Gasteiger partial charge in [0.15, 0.2) is 0 Å². The first-order valence-electron chi connectivity index (χ1n) is 8.77. The SMILES string of the molecule is CC12C=CC(S)NC1CCC1C2CCC2(C)C(O)CCC12. The molecule has 3 fully saturated rings. The van der Waals surface area contributed by atoms with Gasteiger partial charge in [-0.2, -0.15) is 12.6 Å². The molecule has 118 valence electrons. The lowest BCUT2D eigenvalue weighted by Crippen LogP contribution is -2.59. The lowest BCUT2D eigenvalue weighted by atomic mass is 9.48. The normalized spacial score (nSPS) is 59.2. The summed E-state index contributed by atoms with van der Waals surface area (Å²) in [5.74, 6) is 2.33. The number of rotatable bonds is 0. The van der Waals surface area contributed by atoms with Gasteiger partial charge in [-0.3, -0.25) is 5.32 Å². The van der Waals surface area contributed by atoms with E-state index >= 15 is 0 Å². The van der Waals surface area contributed by atoms with E-state index in [0.717, 1.165) is 24.2 Å². The van der Waals surface area contributed by atoms with Crippen LogP contribution in [0.25, 0.3) is 0 Å².